The van der Waals surface area contributed by atoms with Crippen molar-refractivity contribution in [3.05, 3.63) is 29.8 Å². The Morgan fingerprint density at radius 1 is 0.927 bits per heavy atom. The smallest absolute Gasteiger partial charge is 0.490 e. The van der Waals surface area contributed by atoms with E-state index in [1.165, 1.54) is 5.56 Å². The number of nitrogens with zero attached hydrogens (tertiary/aromatic N) is 2. The number of methoxy groups -OCH3 is 1. The predicted octanol–water partition coefficient (Wildman–Crippen LogP) is 4.82. The molecule has 0 radical (unpaired) electrons. The minimum absolute atomic E-state index is 0.00983. The molecule has 2 N–H and O–H groups in total. The van der Waals surface area contributed by atoms with E-state index in [0.717, 1.165) is 51.2 Å². The second-order valence-electron chi connectivity index (χ2n) is 10.0. The molecule has 3 saturated heterocycles. The van der Waals surface area contributed by atoms with Gasteiger partial charge in [0.15, 0.2) is 0 Å². The van der Waals surface area contributed by atoms with Crippen LogP contribution in [0.5, 0.6) is 5.75 Å². The highest BCUT2D eigenvalue weighted by molar-refractivity contribution is 5.73. The number of piperidine rings is 2. The summed E-state index contributed by atoms with van der Waals surface area (Å²) in [6.07, 6.45) is -6.76. The van der Waals surface area contributed by atoms with E-state index in [4.69, 9.17) is 29.3 Å². The van der Waals surface area contributed by atoms with Crippen molar-refractivity contribution in [1.29, 1.82) is 0 Å². The Balaban J connectivity index is 0.000000349. The summed E-state index contributed by atoms with van der Waals surface area (Å²) in [5.41, 5.74) is 1.31. The lowest BCUT2D eigenvalue weighted by molar-refractivity contribution is -0.232. The van der Waals surface area contributed by atoms with Gasteiger partial charge in [-0.25, -0.2) is 18.4 Å². The van der Waals surface area contributed by atoms with Gasteiger partial charge < -0.3 is 24.6 Å². The first-order chi connectivity index (χ1) is 18.8. The Bertz CT molecular complexity index is 971. The van der Waals surface area contributed by atoms with E-state index in [0.29, 0.717) is 13.1 Å². The van der Waals surface area contributed by atoms with Crippen molar-refractivity contribution < 1.29 is 64.4 Å². The lowest BCUT2D eigenvalue weighted by atomic mass is 9.80. The number of aliphatic carboxylic acids is 2. The van der Waals surface area contributed by atoms with Crippen molar-refractivity contribution >= 4 is 11.9 Å². The van der Waals surface area contributed by atoms with Crippen LogP contribution in [0.1, 0.15) is 37.7 Å². The lowest BCUT2D eigenvalue weighted by Gasteiger charge is -2.53. The molecule has 0 saturated carbocycles. The minimum atomic E-state index is -5.08. The number of likely N-dealkylation sites (tertiary alicyclic amines) is 2. The molecule has 16 heteroatoms. The SMILES string of the molecule is COc1cccc(CN2CCC3(CC2)CC(CN2CCC(F)(F)CC2)O3)c1.O=C(O)C(F)(F)F.O=C(O)C(F)(F)F. The largest absolute Gasteiger partial charge is 0.497 e. The zero-order valence-corrected chi connectivity index (χ0v) is 22.1. The number of hydrogen-bond donors (Lipinski definition) is 2. The molecule has 1 unspecified atom stereocenters. The molecule has 3 heterocycles. The summed E-state index contributed by atoms with van der Waals surface area (Å²) in [6.45, 7) is 4.83. The van der Waals surface area contributed by atoms with Gasteiger partial charge in [0.2, 0.25) is 0 Å². The number of alkyl halides is 8. The molecule has 234 valence electrons. The monoisotopic (exact) mass is 608 g/mol. The van der Waals surface area contributed by atoms with E-state index >= 15 is 0 Å². The molecule has 4 rings (SSSR count). The highest BCUT2D eigenvalue weighted by Crippen LogP contribution is 2.42. The molecule has 3 aliphatic heterocycles. The molecule has 3 aliphatic rings. The molecular formula is C25H32F8N2O6. The Hall–Kier alpha value is -2.72. The normalized spacial score (nSPS) is 22.3. The third kappa shape index (κ3) is 11.6. The Morgan fingerprint density at radius 3 is 1.83 bits per heavy atom. The van der Waals surface area contributed by atoms with E-state index in [1.807, 2.05) is 12.1 Å². The first-order valence-electron chi connectivity index (χ1n) is 12.6. The molecule has 3 fully saturated rings. The number of carboxylic acids is 2. The van der Waals surface area contributed by atoms with Crippen molar-refractivity contribution in [1.82, 2.24) is 9.80 Å². The van der Waals surface area contributed by atoms with Gasteiger partial charge in [0, 0.05) is 58.5 Å². The van der Waals surface area contributed by atoms with Gasteiger partial charge in [0.1, 0.15) is 5.75 Å². The highest BCUT2D eigenvalue weighted by atomic mass is 19.4. The van der Waals surface area contributed by atoms with E-state index in [2.05, 4.69) is 21.9 Å². The van der Waals surface area contributed by atoms with Crippen LogP contribution in [0, 0.1) is 0 Å². The van der Waals surface area contributed by atoms with Crippen LogP contribution in [0.4, 0.5) is 35.1 Å². The number of rotatable bonds is 5. The van der Waals surface area contributed by atoms with Crippen LogP contribution in [0.2, 0.25) is 0 Å². The summed E-state index contributed by atoms with van der Waals surface area (Å²) in [5.74, 6) is -7.07. The third-order valence-corrected chi connectivity index (χ3v) is 6.86. The first-order valence-corrected chi connectivity index (χ1v) is 12.6. The molecule has 0 aliphatic carbocycles. The number of ether oxygens (including phenoxy) is 2. The van der Waals surface area contributed by atoms with Gasteiger partial charge in [-0.1, -0.05) is 12.1 Å². The minimum Gasteiger partial charge on any atom is -0.497 e. The second kappa shape index (κ2) is 14.0. The van der Waals surface area contributed by atoms with Crippen molar-refractivity contribution in [2.24, 2.45) is 0 Å². The first kappa shape index (κ1) is 34.5. The topological polar surface area (TPSA) is 99.5 Å². The van der Waals surface area contributed by atoms with Gasteiger partial charge in [0.05, 0.1) is 18.8 Å². The summed E-state index contributed by atoms with van der Waals surface area (Å²) in [4.78, 5) is 22.4. The van der Waals surface area contributed by atoms with Crippen molar-refractivity contribution in [2.45, 2.75) is 68.6 Å². The molecule has 0 bridgehead atoms. The molecule has 0 aromatic heterocycles. The van der Waals surface area contributed by atoms with Gasteiger partial charge in [-0.15, -0.1) is 0 Å². The highest BCUT2D eigenvalue weighted by Gasteiger charge is 2.48. The number of hydrogen-bond acceptors (Lipinski definition) is 6. The molecule has 1 aromatic carbocycles. The number of halogens is 8. The van der Waals surface area contributed by atoms with Crippen LogP contribution in [0.3, 0.4) is 0 Å². The van der Waals surface area contributed by atoms with Crippen molar-refractivity contribution in [3.8, 4) is 5.75 Å². The van der Waals surface area contributed by atoms with Crippen LogP contribution < -0.4 is 4.74 Å². The van der Waals surface area contributed by atoms with Crippen LogP contribution in [0.15, 0.2) is 24.3 Å². The van der Waals surface area contributed by atoms with E-state index in [9.17, 15) is 35.1 Å². The quantitative estimate of drug-likeness (QED) is 0.460. The van der Waals surface area contributed by atoms with Crippen LogP contribution in [0.25, 0.3) is 0 Å². The molecule has 8 nitrogen and oxygen atoms in total. The Morgan fingerprint density at radius 2 is 1.39 bits per heavy atom. The molecule has 1 spiro atoms. The number of carboxylic acid groups (broad SMARTS) is 2. The van der Waals surface area contributed by atoms with Crippen molar-refractivity contribution in [2.75, 3.05) is 39.8 Å². The molecular weight excluding hydrogens is 576 g/mol. The fourth-order valence-electron chi connectivity index (χ4n) is 4.68. The van der Waals surface area contributed by atoms with E-state index < -0.39 is 30.2 Å². The van der Waals surface area contributed by atoms with Gasteiger partial charge in [0.25, 0.3) is 5.92 Å². The predicted molar refractivity (Wildman–Crippen MR) is 128 cm³/mol. The number of carbonyl (C=O) groups is 2. The zero-order valence-electron chi connectivity index (χ0n) is 22.1. The average Bonchev–Trinajstić information content (AvgIpc) is 2.85. The van der Waals surface area contributed by atoms with Gasteiger partial charge >= 0.3 is 24.3 Å². The van der Waals surface area contributed by atoms with Crippen LogP contribution in [-0.2, 0) is 20.9 Å². The Kier molecular flexibility index (Phi) is 11.7. The summed E-state index contributed by atoms with van der Waals surface area (Å²) < 4.78 is 102. The van der Waals surface area contributed by atoms with E-state index in [1.54, 1.807) is 7.11 Å². The van der Waals surface area contributed by atoms with Crippen LogP contribution in [-0.4, -0.2) is 102 Å². The molecule has 0 amide bonds. The van der Waals surface area contributed by atoms with Gasteiger partial charge in [-0.05, 0) is 30.5 Å². The summed E-state index contributed by atoms with van der Waals surface area (Å²) >= 11 is 0. The average molecular weight is 609 g/mol. The zero-order chi connectivity index (χ0) is 31.1. The van der Waals surface area contributed by atoms with Crippen LogP contribution >= 0.6 is 0 Å². The maximum atomic E-state index is 13.3. The van der Waals surface area contributed by atoms with Gasteiger partial charge in [-0.2, -0.15) is 26.3 Å². The second-order valence-corrected chi connectivity index (χ2v) is 10.0. The Labute approximate surface area is 230 Å². The maximum absolute atomic E-state index is 13.3. The fraction of sp³-hybridized carbons (Fsp3) is 0.680. The summed E-state index contributed by atoms with van der Waals surface area (Å²) in [5, 5.41) is 14.2. The maximum Gasteiger partial charge on any atom is 0.490 e. The summed E-state index contributed by atoms with van der Waals surface area (Å²) in [7, 11) is 1.70. The standard InChI is InChI=1S/C21H30F2N2O2.2C2HF3O2/c1-26-18-4-2-3-17(13-18)15-24-9-5-20(6-10-24)14-19(27-20)16-25-11-7-21(22,23)8-12-25;2*3-2(4,5)1(6)7/h2-4,13,19H,5-12,14-16H2,1H3;2*(H,6,7). The van der Waals surface area contributed by atoms with Crippen molar-refractivity contribution in [3.63, 3.8) is 0 Å². The van der Waals surface area contributed by atoms with E-state index in [-0.39, 0.29) is 24.5 Å². The lowest BCUT2D eigenvalue weighted by Crippen LogP contribution is -2.59. The molecule has 1 atom stereocenters. The molecule has 41 heavy (non-hydrogen) atoms. The van der Waals surface area contributed by atoms with Gasteiger partial charge in [-0.3, -0.25) is 4.90 Å². The fourth-order valence-corrected chi connectivity index (χ4v) is 4.68. The third-order valence-electron chi connectivity index (χ3n) is 6.86. The summed E-state index contributed by atoms with van der Waals surface area (Å²) in [6, 6.07) is 8.25. The number of benzene rings is 1. The molecule has 1 aromatic rings.